The van der Waals surface area contributed by atoms with Gasteiger partial charge in [0.05, 0.1) is 11.4 Å². The first-order chi connectivity index (χ1) is 8.63. The standard InChI is InChI=1S/C11H12N4O2S/c1-12-10-4-7-14-8-11(10)18(16,17)15-9-2-5-13-6-3-9/h2-8H,1H3,(H,12,14)(H,13,15). The molecule has 0 saturated heterocycles. The molecule has 2 aromatic rings. The van der Waals surface area contributed by atoms with E-state index in [0.717, 1.165) is 0 Å². The lowest BCUT2D eigenvalue weighted by Gasteiger charge is -2.10. The molecule has 0 unspecified atom stereocenters. The molecule has 0 fully saturated rings. The highest BCUT2D eigenvalue weighted by Crippen LogP contribution is 2.21. The van der Waals surface area contributed by atoms with E-state index in [0.29, 0.717) is 11.4 Å². The van der Waals surface area contributed by atoms with Crippen LogP contribution in [-0.2, 0) is 10.0 Å². The third-order valence-electron chi connectivity index (χ3n) is 2.28. The van der Waals surface area contributed by atoms with Crippen LogP contribution in [0.4, 0.5) is 11.4 Å². The molecule has 0 radical (unpaired) electrons. The second-order valence-electron chi connectivity index (χ2n) is 3.46. The molecule has 0 amide bonds. The molecular weight excluding hydrogens is 252 g/mol. The Bertz CT molecular complexity index is 629. The first-order valence-electron chi connectivity index (χ1n) is 5.18. The zero-order valence-electron chi connectivity index (χ0n) is 9.66. The summed E-state index contributed by atoms with van der Waals surface area (Å²) < 4.78 is 26.8. The van der Waals surface area contributed by atoms with E-state index in [1.165, 1.54) is 24.8 Å². The Labute approximate surface area is 105 Å². The van der Waals surface area contributed by atoms with E-state index in [9.17, 15) is 8.42 Å². The molecule has 18 heavy (non-hydrogen) atoms. The predicted molar refractivity (Wildman–Crippen MR) is 68.8 cm³/mol. The molecule has 0 aliphatic rings. The second-order valence-corrected chi connectivity index (χ2v) is 5.11. The van der Waals surface area contributed by atoms with E-state index in [-0.39, 0.29) is 4.90 Å². The summed E-state index contributed by atoms with van der Waals surface area (Å²) in [5.74, 6) is 0. The minimum Gasteiger partial charge on any atom is -0.387 e. The van der Waals surface area contributed by atoms with Crippen LogP contribution < -0.4 is 10.0 Å². The van der Waals surface area contributed by atoms with Gasteiger partial charge >= 0.3 is 0 Å². The van der Waals surface area contributed by atoms with Crippen LogP contribution in [-0.4, -0.2) is 25.4 Å². The second kappa shape index (κ2) is 5.01. The van der Waals surface area contributed by atoms with Crippen molar-refractivity contribution >= 4 is 21.4 Å². The molecule has 2 heterocycles. The lowest BCUT2D eigenvalue weighted by atomic mass is 10.4. The number of nitrogens with zero attached hydrogens (tertiary/aromatic N) is 2. The van der Waals surface area contributed by atoms with E-state index in [1.807, 2.05) is 0 Å². The lowest BCUT2D eigenvalue weighted by Crippen LogP contribution is -2.15. The fourth-order valence-corrected chi connectivity index (χ4v) is 2.65. The predicted octanol–water partition coefficient (Wildman–Crippen LogP) is 1.32. The number of pyridine rings is 2. The SMILES string of the molecule is CNc1ccncc1S(=O)(=O)Nc1ccncc1. The fraction of sp³-hybridized carbons (Fsp3) is 0.0909. The summed E-state index contributed by atoms with van der Waals surface area (Å²) >= 11 is 0. The Morgan fingerprint density at radius 3 is 2.39 bits per heavy atom. The number of rotatable bonds is 4. The minimum atomic E-state index is -3.66. The van der Waals surface area contributed by atoms with Gasteiger partial charge in [-0.1, -0.05) is 0 Å². The van der Waals surface area contributed by atoms with E-state index in [2.05, 4.69) is 20.0 Å². The Morgan fingerprint density at radius 2 is 1.72 bits per heavy atom. The molecule has 0 aromatic carbocycles. The maximum Gasteiger partial charge on any atom is 0.265 e. The molecule has 0 aliphatic heterocycles. The van der Waals surface area contributed by atoms with E-state index < -0.39 is 10.0 Å². The molecule has 6 nitrogen and oxygen atoms in total. The first kappa shape index (κ1) is 12.3. The molecule has 0 saturated carbocycles. The summed E-state index contributed by atoms with van der Waals surface area (Å²) in [6.45, 7) is 0. The zero-order chi connectivity index (χ0) is 13.0. The van der Waals surface area contributed by atoms with E-state index in [1.54, 1.807) is 25.2 Å². The quantitative estimate of drug-likeness (QED) is 0.870. The van der Waals surface area contributed by atoms with E-state index in [4.69, 9.17) is 0 Å². The highest BCUT2D eigenvalue weighted by atomic mass is 32.2. The van der Waals surface area contributed by atoms with Crippen LogP contribution in [0.1, 0.15) is 0 Å². The molecular formula is C11H12N4O2S. The highest BCUT2D eigenvalue weighted by molar-refractivity contribution is 7.92. The van der Waals surface area contributed by atoms with Crippen molar-refractivity contribution in [1.82, 2.24) is 9.97 Å². The molecule has 0 aliphatic carbocycles. The fourth-order valence-electron chi connectivity index (χ4n) is 1.43. The van der Waals surface area contributed by atoms with Gasteiger partial charge in [-0.05, 0) is 18.2 Å². The summed E-state index contributed by atoms with van der Waals surface area (Å²) in [5.41, 5.74) is 0.947. The van der Waals surface area contributed by atoms with Crippen molar-refractivity contribution < 1.29 is 8.42 Å². The third kappa shape index (κ3) is 2.57. The van der Waals surface area contributed by atoms with E-state index >= 15 is 0 Å². The molecule has 2 aromatic heterocycles. The number of aromatic nitrogens is 2. The Balaban J connectivity index is 2.37. The summed E-state index contributed by atoms with van der Waals surface area (Å²) in [7, 11) is -2.01. The normalized spacial score (nSPS) is 10.9. The molecule has 0 bridgehead atoms. The average molecular weight is 264 g/mol. The average Bonchev–Trinajstić information content (AvgIpc) is 2.39. The minimum absolute atomic E-state index is 0.101. The maximum absolute atomic E-state index is 12.2. The Kier molecular flexibility index (Phi) is 3.42. The largest absolute Gasteiger partial charge is 0.387 e. The van der Waals surface area contributed by atoms with Crippen molar-refractivity contribution in [3.63, 3.8) is 0 Å². The molecule has 2 rings (SSSR count). The molecule has 94 valence electrons. The Morgan fingerprint density at radius 1 is 1.06 bits per heavy atom. The maximum atomic E-state index is 12.2. The number of nitrogens with one attached hydrogen (secondary N) is 2. The van der Waals surface area contributed by atoms with Crippen LogP contribution in [0.2, 0.25) is 0 Å². The summed E-state index contributed by atoms with van der Waals surface area (Å²) in [5, 5.41) is 2.82. The topological polar surface area (TPSA) is 84.0 Å². The number of sulfonamides is 1. The molecule has 2 N–H and O–H groups in total. The number of hydrogen-bond acceptors (Lipinski definition) is 5. The Hall–Kier alpha value is -2.15. The molecule has 7 heteroatoms. The van der Waals surface area contributed by atoms with Crippen LogP contribution >= 0.6 is 0 Å². The number of hydrogen-bond donors (Lipinski definition) is 2. The third-order valence-corrected chi connectivity index (χ3v) is 3.68. The van der Waals surface area contributed by atoms with Crippen molar-refractivity contribution in [1.29, 1.82) is 0 Å². The lowest BCUT2D eigenvalue weighted by molar-refractivity contribution is 0.601. The van der Waals surface area contributed by atoms with Gasteiger partial charge in [0.25, 0.3) is 10.0 Å². The van der Waals surface area contributed by atoms with Gasteiger partial charge in [-0.3, -0.25) is 14.7 Å². The van der Waals surface area contributed by atoms with Crippen molar-refractivity contribution in [2.24, 2.45) is 0 Å². The van der Waals surface area contributed by atoms with Gasteiger partial charge in [-0.25, -0.2) is 8.42 Å². The zero-order valence-corrected chi connectivity index (χ0v) is 10.5. The first-order valence-corrected chi connectivity index (χ1v) is 6.66. The van der Waals surface area contributed by atoms with Crippen molar-refractivity contribution in [2.75, 3.05) is 17.1 Å². The van der Waals surface area contributed by atoms with Gasteiger partial charge in [0, 0.05) is 31.8 Å². The monoisotopic (exact) mass is 264 g/mol. The van der Waals surface area contributed by atoms with Crippen molar-refractivity contribution in [2.45, 2.75) is 4.90 Å². The van der Waals surface area contributed by atoms with Gasteiger partial charge in [0.1, 0.15) is 4.90 Å². The van der Waals surface area contributed by atoms with Crippen LogP contribution in [0.25, 0.3) is 0 Å². The smallest absolute Gasteiger partial charge is 0.265 e. The van der Waals surface area contributed by atoms with Crippen molar-refractivity contribution in [3.8, 4) is 0 Å². The van der Waals surface area contributed by atoms with Crippen LogP contribution in [0.15, 0.2) is 47.9 Å². The molecule has 0 atom stereocenters. The highest BCUT2D eigenvalue weighted by Gasteiger charge is 2.18. The summed E-state index contributed by atoms with van der Waals surface area (Å²) in [4.78, 5) is 7.75. The van der Waals surface area contributed by atoms with Crippen LogP contribution in [0, 0.1) is 0 Å². The van der Waals surface area contributed by atoms with Crippen LogP contribution in [0.3, 0.4) is 0 Å². The summed E-state index contributed by atoms with van der Waals surface area (Å²) in [6, 6.07) is 4.75. The number of anilines is 2. The van der Waals surface area contributed by atoms with Gasteiger partial charge in [-0.15, -0.1) is 0 Å². The van der Waals surface area contributed by atoms with Crippen molar-refractivity contribution in [3.05, 3.63) is 43.0 Å². The molecule has 0 spiro atoms. The van der Waals surface area contributed by atoms with Gasteiger partial charge in [0.15, 0.2) is 0 Å². The van der Waals surface area contributed by atoms with Gasteiger partial charge in [-0.2, -0.15) is 0 Å². The van der Waals surface area contributed by atoms with Gasteiger partial charge in [0.2, 0.25) is 0 Å². The van der Waals surface area contributed by atoms with Gasteiger partial charge < -0.3 is 5.32 Å². The van der Waals surface area contributed by atoms with Crippen LogP contribution in [0.5, 0.6) is 0 Å². The summed E-state index contributed by atoms with van der Waals surface area (Å²) in [6.07, 6.45) is 5.85.